The first-order chi connectivity index (χ1) is 69.6. The molecule has 0 spiro atoms. The monoisotopic (exact) mass is 1970 g/mol. The molecule has 12 atom stereocenters. The van der Waals surface area contributed by atoms with E-state index in [1.807, 2.05) is 89.2 Å². The van der Waals surface area contributed by atoms with Crippen LogP contribution in [0.2, 0.25) is 0 Å². The number of carbonyl (C=O) groups excluding carboxylic acids is 12. The first kappa shape index (κ1) is 107. The van der Waals surface area contributed by atoms with Gasteiger partial charge in [-0.3, -0.25) is 72.9 Å². The summed E-state index contributed by atoms with van der Waals surface area (Å²) >= 11 is 0. The van der Waals surface area contributed by atoms with E-state index in [0.29, 0.717) is 94.7 Å². The van der Waals surface area contributed by atoms with Crippen molar-refractivity contribution < 1.29 is 61.9 Å². The van der Waals surface area contributed by atoms with Crippen LogP contribution in [0.5, 0.6) is 0 Å². The average Bonchev–Trinajstić information content (AvgIpc) is 0.602. The van der Waals surface area contributed by atoms with Gasteiger partial charge in [-0.2, -0.15) is 0 Å². The first-order valence-corrected chi connectivity index (χ1v) is 49.7. The fourth-order valence-electron chi connectivity index (χ4n) is 20.1. The Labute approximate surface area is 845 Å². The molecule has 145 heavy (non-hydrogen) atoms. The highest BCUT2D eigenvalue weighted by Crippen LogP contribution is 2.41. The van der Waals surface area contributed by atoms with E-state index in [-0.39, 0.29) is 66.3 Å². The van der Waals surface area contributed by atoms with Crippen molar-refractivity contribution >= 4 is 117 Å². The highest BCUT2D eigenvalue weighted by atomic mass is 19.1. The Balaban J connectivity index is 0.000000162. The number of nitrogens with two attached hydrogens (primary N) is 4. The van der Waals surface area contributed by atoms with Gasteiger partial charge < -0.3 is 63.8 Å². The van der Waals surface area contributed by atoms with E-state index in [9.17, 15) is 61.9 Å². The van der Waals surface area contributed by atoms with Crippen molar-refractivity contribution in [2.75, 3.05) is 70.7 Å². The molecule has 2 aliphatic carbocycles. The number of nitrogen functional groups attached to an aromatic ring is 4. The summed E-state index contributed by atoms with van der Waals surface area (Å²) < 4.78 is 14.2. The van der Waals surface area contributed by atoms with Crippen molar-refractivity contribution in [3.63, 3.8) is 0 Å². The van der Waals surface area contributed by atoms with Crippen molar-refractivity contribution in [3.8, 4) is 0 Å². The van der Waals surface area contributed by atoms with Crippen LogP contribution in [0.3, 0.4) is 0 Å². The molecule has 10 aromatic rings. The van der Waals surface area contributed by atoms with E-state index < -0.39 is 95.7 Å². The molecule has 7 aromatic heterocycles. The Morgan fingerprint density at radius 2 is 0.690 bits per heavy atom. The maximum Gasteiger partial charge on any atom is 0.325 e. The van der Waals surface area contributed by atoms with E-state index in [4.69, 9.17) is 22.9 Å². The third-order valence-electron chi connectivity index (χ3n) is 28.7. The van der Waals surface area contributed by atoms with E-state index in [2.05, 4.69) is 70.0 Å². The second kappa shape index (κ2) is 49.0. The topological polar surface area (TPSA) is 473 Å². The number of likely N-dealkylation sites (N-methyl/N-ethyl adjacent to an activating group) is 4. The van der Waals surface area contributed by atoms with Gasteiger partial charge in [0.15, 0.2) is 0 Å². The SMILES string of the molecule is CC[C@@H](NC(=O)N1C(=O)[C@H](Cc2cc(N)ncc2C)[C@H]1C(=O)N(C)c1ccccc1)C1CCCCC1.CC[C@@H](NC(=O)N1C(=O)[C@H](Cc2cc(N)ncc2C)[C@H]1C(=O)N(C)c1ccncc1)C1CCCCC1.CC[C@@H](NC(=O)N1C(=O)[C@H](Cc2ccnc(N)c2)[C@H]1C(=O)N(C)c1ccncc1)c1ccc(C)c(F)c1.CC[C@@H](NC(=O)N1C(=O)[C@H](Cc2ccnc(N)c2)[C@H]1C(=O)N(C)c1ccncc1)c1cccc(C)c1. The standard InChI is InChI=1S/C28H37N5O3.C27H29FN6O3.C27H30N6O3.C27H36N6O3/c1-4-23(19-11-7-5-8-12-19)31-28(36)33-25(27(35)32(3)21-13-9-6-10-14-21)22(26(33)34)15-20-16-24(29)30-17-18(20)2;1-4-22(18-6-5-16(2)21(28)15-18)32-27(37)34-24(26(36)33(3)19-8-10-30-11-9-19)20(25(34)35)13-17-7-12-31-23(29)14-17;1-4-22(19-7-5-6-17(2)14-19)31-27(36)33-24(26(35)32(3)20-9-11-29-12-10-20)21(25(33)34)15-18-8-13-30-23(28)16-18;1-4-22(18-8-6-5-7-9-18)31-27(36)33-24(26(35)32(3)20-10-12-29-13-11-20)21(25(33)34)14-19-15-23(28)30-16-17(19)2/h6,9-10,13-14,16-17,19,22-23,25H,4-5,7-8,11-12,15H2,1-3H3,(H2,29,30)(H,31,36);5-12,14-15,20,22,24H,4,13H2,1-3H3,(H2,29,31)(H,32,37);5-14,16,21-22,24H,4,15H2,1-3H3,(H2,28,30)(H,31,36);10-13,15-16,18,21-22,24H,4-9,14H2,1-3H3,(H2,28,30)(H,31,36)/t22-,23-,25+;20-,22-,24+;2*21-,22-,24+/m1111/s1. The molecule has 0 bridgehead atoms. The number of carbonyl (C=O) groups is 12. The Kier molecular flexibility index (Phi) is 36.1. The number of para-hydroxylation sites is 1. The molecule has 6 fully saturated rings. The number of hydrogen-bond donors (Lipinski definition) is 8. The summed E-state index contributed by atoms with van der Waals surface area (Å²) in [6.07, 6.45) is 31.1. The Morgan fingerprint density at radius 3 is 1.02 bits per heavy atom. The summed E-state index contributed by atoms with van der Waals surface area (Å²) in [5, 5.41) is 12.0. The Bertz CT molecular complexity index is 6110. The van der Waals surface area contributed by atoms with Crippen LogP contribution in [-0.4, -0.2) is 190 Å². The molecule has 3 aromatic carbocycles. The maximum atomic E-state index is 14.2. The average molecular weight is 1980 g/mol. The number of pyridine rings is 7. The number of amides is 16. The third kappa shape index (κ3) is 25.2. The number of imide groups is 4. The molecule has 36 heteroatoms. The molecular weight excluding hydrogens is 1840 g/mol. The molecule has 4 aliphatic heterocycles. The molecule has 4 saturated heterocycles. The van der Waals surface area contributed by atoms with E-state index in [1.165, 1.54) is 57.5 Å². The van der Waals surface area contributed by atoms with Gasteiger partial charge in [-0.25, -0.2) is 43.5 Å². The third-order valence-corrected chi connectivity index (χ3v) is 28.7. The lowest BCUT2D eigenvalue weighted by atomic mass is 9.80. The van der Waals surface area contributed by atoms with Crippen LogP contribution in [0.4, 0.5) is 69.6 Å². The van der Waals surface area contributed by atoms with Crippen LogP contribution in [0.15, 0.2) is 208 Å². The molecule has 0 radical (unpaired) electrons. The van der Waals surface area contributed by atoms with Crippen molar-refractivity contribution in [1.29, 1.82) is 0 Å². The molecule has 35 nitrogen and oxygen atoms in total. The Morgan fingerprint density at radius 1 is 0.359 bits per heavy atom. The minimum Gasteiger partial charge on any atom is -0.384 e. The molecule has 16 amide bonds. The zero-order valence-corrected chi connectivity index (χ0v) is 84.2. The van der Waals surface area contributed by atoms with Crippen molar-refractivity contribution in [1.82, 2.24) is 75.8 Å². The van der Waals surface area contributed by atoms with Crippen LogP contribution in [0, 0.1) is 69.0 Å². The number of likely N-dealkylation sites (tertiary alicyclic amines) is 4. The highest BCUT2D eigenvalue weighted by Gasteiger charge is 2.60. The summed E-state index contributed by atoms with van der Waals surface area (Å²) in [5.74, 6) is -3.93. The number of aromatic nitrogens is 7. The van der Waals surface area contributed by atoms with Crippen molar-refractivity contribution in [2.45, 2.75) is 219 Å². The minimum atomic E-state index is -1.03. The second-order valence-electron chi connectivity index (χ2n) is 38.1. The molecule has 12 N–H and O–H groups in total. The zero-order valence-electron chi connectivity index (χ0n) is 84.2. The van der Waals surface area contributed by atoms with Gasteiger partial charge in [0.25, 0.3) is 23.6 Å². The number of anilines is 8. The summed E-state index contributed by atoms with van der Waals surface area (Å²) in [6, 6.07) is 35.4. The van der Waals surface area contributed by atoms with Crippen molar-refractivity contribution in [3.05, 3.63) is 269 Å². The van der Waals surface area contributed by atoms with E-state index in [0.717, 1.165) is 115 Å². The molecule has 11 heterocycles. The lowest BCUT2D eigenvalue weighted by Crippen LogP contribution is -2.71. The first-order valence-electron chi connectivity index (χ1n) is 49.7. The van der Waals surface area contributed by atoms with Gasteiger partial charge in [0.05, 0.1) is 35.8 Å². The normalized spacial score (nSPS) is 19.3. The number of benzene rings is 3. The maximum absolute atomic E-state index is 14.2. The highest BCUT2D eigenvalue weighted by molar-refractivity contribution is 6.16. The van der Waals surface area contributed by atoms with Gasteiger partial charge in [0, 0.05) is 125 Å². The quantitative estimate of drug-likeness (QED) is 0.0211. The van der Waals surface area contributed by atoms with E-state index >= 15 is 0 Å². The zero-order chi connectivity index (χ0) is 104. The summed E-state index contributed by atoms with van der Waals surface area (Å²) in [5.41, 5.74) is 34.0. The van der Waals surface area contributed by atoms with Crippen LogP contribution < -0.4 is 63.8 Å². The summed E-state index contributed by atoms with van der Waals surface area (Å²) in [4.78, 5) is 200. The van der Waals surface area contributed by atoms with Crippen LogP contribution in [0.25, 0.3) is 0 Å². The number of β-lactam (4-membered cyclic amide) rings is 4. The molecule has 762 valence electrons. The van der Waals surface area contributed by atoms with Crippen molar-refractivity contribution in [2.24, 2.45) is 35.5 Å². The lowest BCUT2D eigenvalue weighted by Gasteiger charge is -2.46. The molecule has 0 unspecified atom stereocenters. The predicted molar refractivity (Wildman–Crippen MR) is 552 cm³/mol. The number of rotatable bonds is 28. The van der Waals surface area contributed by atoms with Gasteiger partial charge >= 0.3 is 24.1 Å². The minimum absolute atomic E-state index is 0.00510. The second-order valence-corrected chi connectivity index (χ2v) is 38.1. The number of halogens is 1. The van der Waals surface area contributed by atoms with Crippen LogP contribution >= 0.6 is 0 Å². The largest absolute Gasteiger partial charge is 0.384 e. The molecular formula is C109H132FN23O12. The molecule has 2 saturated carbocycles. The number of nitrogens with zero attached hydrogens (tertiary/aromatic N) is 15. The number of hydrogen-bond acceptors (Lipinski definition) is 23. The summed E-state index contributed by atoms with van der Waals surface area (Å²) in [6.45, 7) is 15.3. The molecule has 16 rings (SSSR count). The fourth-order valence-corrected chi connectivity index (χ4v) is 20.1. The van der Waals surface area contributed by atoms with Gasteiger partial charge in [0.1, 0.15) is 53.3 Å². The lowest BCUT2D eigenvalue weighted by molar-refractivity contribution is -0.156. The molecule has 6 aliphatic rings. The summed E-state index contributed by atoms with van der Waals surface area (Å²) in [7, 11) is 6.54. The van der Waals surface area contributed by atoms with Gasteiger partial charge in [-0.05, 0) is 258 Å². The van der Waals surface area contributed by atoms with Crippen LogP contribution in [0.1, 0.15) is 185 Å². The van der Waals surface area contributed by atoms with Gasteiger partial charge in [-0.1, -0.05) is 126 Å². The van der Waals surface area contributed by atoms with Gasteiger partial charge in [0.2, 0.25) is 23.6 Å². The number of aryl methyl sites for hydroxylation is 4. The fraction of sp³-hybridized carbons (Fsp3) is 0.404. The smallest absolute Gasteiger partial charge is 0.325 e. The van der Waals surface area contributed by atoms with E-state index in [1.54, 1.807) is 176 Å². The number of urea groups is 4. The number of nitrogens with one attached hydrogen (secondary N) is 4. The van der Waals surface area contributed by atoms with Gasteiger partial charge in [-0.15, -0.1) is 0 Å². The predicted octanol–water partition coefficient (Wildman–Crippen LogP) is 14.2. The van der Waals surface area contributed by atoms with Crippen LogP contribution in [-0.2, 0) is 64.0 Å². The Hall–Kier alpha value is -15.5.